The summed E-state index contributed by atoms with van der Waals surface area (Å²) in [4.78, 5) is 27.6. The number of carbonyl (C=O) groups excluding carboxylic acids is 1. The Kier molecular flexibility index (Phi) is 6.18. The fourth-order valence-corrected chi connectivity index (χ4v) is 4.83. The number of nitrogens with zero attached hydrogens (tertiary/aromatic N) is 3. The van der Waals surface area contributed by atoms with Crippen LogP contribution in [0.2, 0.25) is 0 Å². The molecule has 0 unspecified atom stereocenters. The van der Waals surface area contributed by atoms with E-state index in [1.807, 2.05) is 36.4 Å². The number of likely N-dealkylation sites (tertiary alicyclic amines) is 1. The Bertz CT molecular complexity index is 1420. The van der Waals surface area contributed by atoms with E-state index < -0.39 is 0 Å². The van der Waals surface area contributed by atoms with E-state index in [9.17, 15) is 9.18 Å². The third-order valence-corrected chi connectivity index (χ3v) is 6.79. The molecule has 2 aliphatic heterocycles. The number of halogens is 1. The Hall–Kier alpha value is -4.40. The summed E-state index contributed by atoms with van der Waals surface area (Å²) < 4.78 is 24.5. The molecule has 0 radical (unpaired) electrons. The van der Waals surface area contributed by atoms with Crippen molar-refractivity contribution in [3.8, 4) is 34.1 Å². The molecule has 2 aliphatic rings. The largest absolute Gasteiger partial charge is 0.454 e. The van der Waals surface area contributed by atoms with Gasteiger partial charge in [0.25, 0.3) is 0 Å². The number of H-pyrrole nitrogens is 1. The average Bonchev–Trinajstić information content (AvgIpc) is 3.60. The number of aromatic amines is 1. The molecule has 2 amide bonds. The van der Waals surface area contributed by atoms with Gasteiger partial charge in [-0.05, 0) is 60.9 Å². The summed E-state index contributed by atoms with van der Waals surface area (Å²) in [5.74, 6) is 2.18. The zero-order valence-electron chi connectivity index (χ0n) is 20.1. The quantitative estimate of drug-likeness (QED) is 0.399. The average molecular weight is 500 g/mol. The van der Waals surface area contributed by atoms with E-state index in [4.69, 9.17) is 14.5 Å². The minimum atomic E-state index is -0.309. The Morgan fingerprint density at radius 2 is 1.92 bits per heavy atom. The molecule has 9 heteroatoms. The monoisotopic (exact) mass is 499 g/mol. The first kappa shape index (κ1) is 23.0. The van der Waals surface area contributed by atoms with Gasteiger partial charge in [-0.2, -0.15) is 0 Å². The molecule has 1 saturated heterocycles. The second-order valence-corrected chi connectivity index (χ2v) is 9.18. The van der Waals surface area contributed by atoms with Gasteiger partial charge in [0.15, 0.2) is 11.5 Å². The number of pyridine rings is 1. The van der Waals surface area contributed by atoms with Crippen molar-refractivity contribution in [2.45, 2.75) is 25.3 Å². The van der Waals surface area contributed by atoms with Crippen LogP contribution in [0.3, 0.4) is 0 Å². The van der Waals surface area contributed by atoms with Crippen molar-refractivity contribution in [3.05, 3.63) is 84.1 Å². The van der Waals surface area contributed by atoms with Gasteiger partial charge in [0, 0.05) is 37.3 Å². The number of rotatable bonds is 5. The van der Waals surface area contributed by atoms with Crippen LogP contribution in [0.25, 0.3) is 22.6 Å². The van der Waals surface area contributed by atoms with Gasteiger partial charge in [-0.1, -0.05) is 18.2 Å². The third-order valence-electron chi connectivity index (χ3n) is 6.79. The molecule has 8 nitrogen and oxygen atoms in total. The number of carbonyl (C=O) groups is 1. The predicted octanol–water partition coefficient (Wildman–Crippen LogP) is 5.10. The van der Waals surface area contributed by atoms with E-state index in [1.165, 1.54) is 12.1 Å². The predicted molar refractivity (Wildman–Crippen MR) is 136 cm³/mol. The van der Waals surface area contributed by atoms with Crippen molar-refractivity contribution in [2.24, 2.45) is 0 Å². The summed E-state index contributed by atoms with van der Waals surface area (Å²) in [5, 5.41) is 2.89. The minimum Gasteiger partial charge on any atom is -0.454 e. The van der Waals surface area contributed by atoms with Crippen molar-refractivity contribution in [2.75, 3.05) is 19.9 Å². The van der Waals surface area contributed by atoms with Gasteiger partial charge in [0.2, 0.25) is 6.79 Å². The standard InChI is InChI=1S/C28H26FN5O3/c29-21-5-3-4-18(14-21)16-31-28(35)34-12-9-19(10-13-34)27-32-25(26(33-27)22-6-1-2-11-30-22)20-7-8-23-24(15-20)37-17-36-23/h1-8,11,14-15,19H,9-10,12-13,16-17H2,(H,31,35)(H,32,33). The molecule has 0 atom stereocenters. The number of aromatic nitrogens is 3. The molecular weight excluding hydrogens is 473 g/mol. The molecule has 4 aromatic rings. The van der Waals surface area contributed by atoms with E-state index in [2.05, 4.69) is 15.3 Å². The molecule has 0 spiro atoms. The molecule has 0 bridgehead atoms. The molecule has 2 aromatic heterocycles. The number of amides is 2. The molecule has 37 heavy (non-hydrogen) atoms. The van der Waals surface area contributed by atoms with Crippen LogP contribution in [0, 0.1) is 5.82 Å². The maximum absolute atomic E-state index is 13.4. The van der Waals surface area contributed by atoms with Gasteiger partial charge < -0.3 is 24.7 Å². The zero-order valence-corrected chi connectivity index (χ0v) is 20.1. The number of nitrogens with one attached hydrogen (secondary N) is 2. The van der Waals surface area contributed by atoms with Crippen LogP contribution in [0.4, 0.5) is 9.18 Å². The summed E-state index contributed by atoms with van der Waals surface area (Å²) in [6.07, 6.45) is 3.33. The molecule has 188 valence electrons. The van der Waals surface area contributed by atoms with Crippen molar-refractivity contribution < 1.29 is 18.7 Å². The Morgan fingerprint density at radius 1 is 1.05 bits per heavy atom. The van der Waals surface area contributed by atoms with E-state index in [-0.39, 0.29) is 24.6 Å². The fourth-order valence-electron chi connectivity index (χ4n) is 4.83. The second-order valence-electron chi connectivity index (χ2n) is 9.18. The maximum Gasteiger partial charge on any atom is 0.317 e. The highest BCUT2D eigenvalue weighted by atomic mass is 19.1. The number of benzene rings is 2. The summed E-state index contributed by atoms with van der Waals surface area (Å²) >= 11 is 0. The van der Waals surface area contributed by atoms with E-state index in [1.54, 1.807) is 23.2 Å². The molecule has 2 N–H and O–H groups in total. The second kappa shape index (κ2) is 9.93. The molecule has 2 aromatic carbocycles. The number of piperidine rings is 1. The molecule has 1 fully saturated rings. The summed E-state index contributed by atoms with van der Waals surface area (Å²) in [6.45, 7) is 1.73. The van der Waals surface area contributed by atoms with Crippen LogP contribution in [0.1, 0.15) is 30.1 Å². The highest BCUT2D eigenvalue weighted by Gasteiger charge is 2.28. The van der Waals surface area contributed by atoms with Crippen LogP contribution < -0.4 is 14.8 Å². The van der Waals surface area contributed by atoms with Crippen molar-refractivity contribution in [1.82, 2.24) is 25.2 Å². The van der Waals surface area contributed by atoms with Gasteiger partial charge in [-0.25, -0.2) is 14.2 Å². The number of imidazole rings is 1. The molecular formula is C28H26FN5O3. The van der Waals surface area contributed by atoms with Crippen LogP contribution in [0.15, 0.2) is 66.9 Å². The van der Waals surface area contributed by atoms with Gasteiger partial charge in [-0.15, -0.1) is 0 Å². The lowest BCUT2D eigenvalue weighted by Gasteiger charge is -2.31. The summed E-state index contributed by atoms with van der Waals surface area (Å²) in [6, 6.07) is 17.7. The number of urea groups is 1. The molecule has 4 heterocycles. The SMILES string of the molecule is O=C(NCc1cccc(F)c1)N1CCC(c2nc(-c3ccc4c(c3)OCO4)c(-c3ccccn3)[nH]2)CC1. The van der Waals surface area contributed by atoms with E-state index in [0.717, 1.165) is 52.6 Å². The lowest BCUT2D eigenvalue weighted by atomic mass is 9.96. The third kappa shape index (κ3) is 4.84. The maximum atomic E-state index is 13.4. The number of ether oxygens (including phenoxy) is 2. The zero-order chi connectivity index (χ0) is 25.2. The van der Waals surface area contributed by atoms with Gasteiger partial charge in [0.1, 0.15) is 11.6 Å². The first-order valence-electron chi connectivity index (χ1n) is 12.3. The Labute approximate surface area is 213 Å². The van der Waals surface area contributed by atoms with Gasteiger partial charge in [-0.3, -0.25) is 4.98 Å². The smallest absolute Gasteiger partial charge is 0.317 e. The Balaban J connectivity index is 1.18. The molecule has 6 rings (SSSR count). The van der Waals surface area contributed by atoms with E-state index in [0.29, 0.717) is 25.4 Å². The normalized spacial score (nSPS) is 15.1. The fraction of sp³-hybridized carbons (Fsp3) is 0.250. The molecule has 0 saturated carbocycles. The summed E-state index contributed by atoms with van der Waals surface area (Å²) in [5.41, 5.74) is 4.12. The lowest BCUT2D eigenvalue weighted by molar-refractivity contribution is 0.174. The first-order chi connectivity index (χ1) is 18.1. The lowest BCUT2D eigenvalue weighted by Crippen LogP contribution is -2.43. The highest BCUT2D eigenvalue weighted by molar-refractivity contribution is 5.78. The van der Waals surface area contributed by atoms with Crippen molar-refractivity contribution in [1.29, 1.82) is 0 Å². The number of hydrogen-bond acceptors (Lipinski definition) is 5. The highest BCUT2D eigenvalue weighted by Crippen LogP contribution is 2.39. The topological polar surface area (TPSA) is 92.4 Å². The van der Waals surface area contributed by atoms with E-state index >= 15 is 0 Å². The number of fused-ring (bicyclic) bond motifs is 1. The van der Waals surface area contributed by atoms with Crippen LogP contribution in [0.5, 0.6) is 11.5 Å². The van der Waals surface area contributed by atoms with Crippen molar-refractivity contribution in [3.63, 3.8) is 0 Å². The van der Waals surface area contributed by atoms with Crippen LogP contribution in [-0.4, -0.2) is 45.8 Å². The minimum absolute atomic E-state index is 0.141. The first-order valence-corrected chi connectivity index (χ1v) is 12.3. The Morgan fingerprint density at radius 3 is 2.73 bits per heavy atom. The summed E-state index contributed by atoms with van der Waals surface area (Å²) in [7, 11) is 0. The van der Waals surface area contributed by atoms with Crippen LogP contribution >= 0.6 is 0 Å². The number of hydrogen-bond donors (Lipinski definition) is 2. The molecule has 0 aliphatic carbocycles. The van der Waals surface area contributed by atoms with Crippen LogP contribution in [-0.2, 0) is 6.54 Å². The van der Waals surface area contributed by atoms with Gasteiger partial charge in [0.05, 0.1) is 17.1 Å². The van der Waals surface area contributed by atoms with Crippen molar-refractivity contribution >= 4 is 6.03 Å². The van der Waals surface area contributed by atoms with Gasteiger partial charge >= 0.3 is 6.03 Å².